The Hall–Kier alpha value is -2.80. The lowest BCUT2D eigenvalue weighted by Gasteiger charge is -2.15. The molecule has 6 nitrogen and oxygen atoms in total. The van der Waals surface area contributed by atoms with Crippen LogP contribution in [0.1, 0.15) is 24.3 Å². The predicted molar refractivity (Wildman–Crippen MR) is 106 cm³/mol. The third-order valence-electron chi connectivity index (χ3n) is 4.04. The molecule has 0 radical (unpaired) electrons. The standard InChI is InChI=1S/C20H19BrN2O4/c1-12-18(19(27-23-12)14-7-9-16(21)10-8-14)22-20(24)26-13(2)15-5-4-6-17(11-15)25-3/h4-11,13H,1-3H3,(H,22,24). The molecule has 0 saturated carbocycles. The molecule has 7 heteroatoms. The first-order valence-corrected chi connectivity index (χ1v) is 9.11. The second kappa shape index (κ2) is 8.26. The molecular formula is C20H19BrN2O4. The molecule has 27 heavy (non-hydrogen) atoms. The summed E-state index contributed by atoms with van der Waals surface area (Å²) in [4.78, 5) is 12.4. The van der Waals surface area contributed by atoms with Crippen LogP contribution in [0.2, 0.25) is 0 Å². The number of methoxy groups -OCH3 is 1. The quantitative estimate of drug-likeness (QED) is 0.559. The van der Waals surface area contributed by atoms with Gasteiger partial charge >= 0.3 is 6.09 Å². The van der Waals surface area contributed by atoms with Gasteiger partial charge in [0, 0.05) is 10.0 Å². The fraction of sp³-hybridized carbons (Fsp3) is 0.200. The highest BCUT2D eigenvalue weighted by Crippen LogP contribution is 2.32. The number of ether oxygens (including phenoxy) is 2. The monoisotopic (exact) mass is 430 g/mol. The van der Waals surface area contributed by atoms with E-state index in [2.05, 4.69) is 26.4 Å². The molecule has 0 spiro atoms. The molecule has 1 atom stereocenters. The summed E-state index contributed by atoms with van der Waals surface area (Å²) in [6, 6.07) is 14.9. The molecule has 1 unspecified atom stereocenters. The fourth-order valence-corrected chi connectivity index (χ4v) is 2.83. The highest BCUT2D eigenvalue weighted by molar-refractivity contribution is 9.10. The SMILES string of the molecule is COc1cccc(C(C)OC(=O)Nc2c(C)noc2-c2ccc(Br)cc2)c1. The van der Waals surface area contributed by atoms with E-state index in [0.29, 0.717) is 22.9 Å². The van der Waals surface area contributed by atoms with E-state index in [1.807, 2.05) is 48.5 Å². The maximum atomic E-state index is 12.4. The van der Waals surface area contributed by atoms with Crippen molar-refractivity contribution < 1.29 is 18.8 Å². The Labute approximate surface area is 165 Å². The molecule has 1 N–H and O–H groups in total. The second-order valence-electron chi connectivity index (χ2n) is 5.93. The maximum absolute atomic E-state index is 12.4. The van der Waals surface area contributed by atoms with Gasteiger partial charge in [-0.1, -0.05) is 33.2 Å². The first-order chi connectivity index (χ1) is 13.0. The molecule has 1 aromatic heterocycles. The lowest BCUT2D eigenvalue weighted by atomic mass is 10.1. The molecule has 3 aromatic rings. The van der Waals surface area contributed by atoms with Gasteiger partial charge in [-0.15, -0.1) is 0 Å². The smallest absolute Gasteiger partial charge is 0.412 e. The van der Waals surface area contributed by atoms with Gasteiger partial charge in [-0.2, -0.15) is 0 Å². The molecule has 2 aromatic carbocycles. The number of nitrogens with zero attached hydrogens (tertiary/aromatic N) is 1. The summed E-state index contributed by atoms with van der Waals surface area (Å²) in [6.07, 6.45) is -1.04. The number of nitrogens with one attached hydrogen (secondary N) is 1. The van der Waals surface area contributed by atoms with Gasteiger partial charge in [0.2, 0.25) is 0 Å². The fourth-order valence-electron chi connectivity index (χ4n) is 2.57. The number of rotatable bonds is 5. The zero-order valence-electron chi connectivity index (χ0n) is 15.2. The van der Waals surface area contributed by atoms with E-state index in [0.717, 1.165) is 15.6 Å². The second-order valence-corrected chi connectivity index (χ2v) is 6.84. The van der Waals surface area contributed by atoms with Crippen molar-refractivity contribution in [3.63, 3.8) is 0 Å². The Morgan fingerprint density at radius 3 is 2.67 bits per heavy atom. The average Bonchev–Trinajstić information content (AvgIpc) is 3.02. The lowest BCUT2D eigenvalue weighted by molar-refractivity contribution is 0.121. The van der Waals surface area contributed by atoms with Gasteiger partial charge in [0.05, 0.1) is 7.11 Å². The zero-order chi connectivity index (χ0) is 19.4. The number of carbonyl (C=O) groups is 1. The third kappa shape index (κ3) is 4.49. The van der Waals surface area contributed by atoms with Crippen molar-refractivity contribution >= 4 is 27.7 Å². The summed E-state index contributed by atoms with van der Waals surface area (Å²) >= 11 is 3.40. The topological polar surface area (TPSA) is 73.6 Å². The average molecular weight is 431 g/mol. The van der Waals surface area contributed by atoms with Crippen LogP contribution >= 0.6 is 15.9 Å². The van der Waals surface area contributed by atoms with E-state index in [4.69, 9.17) is 14.0 Å². The summed E-state index contributed by atoms with van der Waals surface area (Å²) < 4.78 is 17.0. The molecule has 0 saturated heterocycles. The van der Waals surface area contributed by atoms with Crippen LogP contribution in [0, 0.1) is 6.92 Å². The summed E-state index contributed by atoms with van der Waals surface area (Å²) in [7, 11) is 1.59. The van der Waals surface area contributed by atoms with Crippen molar-refractivity contribution in [3.05, 3.63) is 64.3 Å². The van der Waals surface area contributed by atoms with Crippen LogP contribution in [0.25, 0.3) is 11.3 Å². The lowest BCUT2D eigenvalue weighted by Crippen LogP contribution is -2.16. The molecule has 140 valence electrons. The van der Waals surface area contributed by atoms with Crippen molar-refractivity contribution in [2.75, 3.05) is 12.4 Å². The van der Waals surface area contributed by atoms with Crippen molar-refractivity contribution in [1.82, 2.24) is 5.16 Å². The largest absolute Gasteiger partial charge is 0.497 e. The highest BCUT2D eigenvalue weighted by atomic mass is 79.9. The zero-order valence-corrected chi connectivity index (χ0v) is 16.7. The maximum Gasteiger partial charge on any atom is 0.412 e. The van der Waals surface area contributed by atoms with Gasteiger partial charge in [-0.05, 0) is 55.8 Å². The normalized spacial score (nSPS) is 11.7. The van der Waals surface area contributed by atoms with Crippen LogP contribution in [0.3, 0.4) is 0 Å². The van der Waals surface area contributed by atoms with Crippen molar-refractivity contribution in [2.45, 2.75) is 20.0 Å². The van der Waals surface area contributed by atoms with Crippen LogP contribution in [0.5, 0.6) is 5.75 Å². The molecule has 0 aliphatic heterocycles. The molecule has 3 rings (SSSR count). The van der Waals surface area contributed by atoms with Gasteiger partial charge in [-0.25, -0.2) is 4.79 Å². The summed E-state index contributed by atoms with van der Waals surface area (Å²) in [5.41, 5.74) is 2.69. The number of anilines is 1. The first kappa shape index (κ1) is 19.0. The van der Waals surface area contributed by atoms with E-state index >= 15 is 0 Å². The van der Waals surface area contributed by atoms with Gasteiger partial charge in [0.1, 0.15) is 23.2 Å². The minimum absolute atomic E-state index is 0.448. The Kier molecular flexibility index (Phi) is 5.81. The molecule has 0 aliphatic carbocycles. The Bertz CT molecular complexity index is 937. The summed E-state index contributed by atoms with van der Waals surface area (Å²) in [5.74, 6) is 1.18. The van der Waals surface area contributed by atoms with Crippen molar-refractivity contribution in [2.24, 2.45) is 0 Å². The van der Waals surface area contributed by atoms with Gasteiger partial charge in [0.15, 0.2) is 5.76 Å². The molecule has 0 fully saturated rings. The Balaban J connectivity index is 1.74. The minimum Gasteiger partial charge on any atom is -0.497 e. The van der Waals surface area contributed by atoms with Crippen LogP contribution in [-0.2, 0) is 4.74 Å². The summed E-state index contributed by atoms with van der Waals surface area (Å²) in [6.45, 7) is 3.55. The van der Waals surface area contributed by atoms with Crippen LogP contribution in [-0.4, -0.2) is 18.4 Å². The van der Waals surface area contributed by atoms with Crippen LogP contribution < -0.4 is 10.1 Å². The number of aryl methyl sites for hydroxylation is 1. The van der Waals surface area contributed by atoms with E-state index in [1.54, 1.807) is 21.0 Å². The van der Waals surface area contributed by atoms with E-state index in [1.165, 1.54) is 0 Å². The number of benzene rings is 2. The number of hydrogen-bond acceptors (Lipinski definition) is 5. The van der Waals surface area contributed by atoms with Crippen LogP contribution in [0.4, 0.5) is 10.5 Å². The number of amides is 1. The van der Waals surface area contributed by atoms with Gasteiger partial charge in [0.25, 0.3) is 0 Å². The minimum atomic E-state index is -0.588. The molecule has 0 aliphatic rings. The Morgan fingerprint density at radius 1 is 1.22 bits per heavy atom. The van der Waals surface area contributed by atoms with Gasteiger partial charge < -0.3 is 14.0 Å². The third-order valence-corrected chi connectivity index (χ3v) is 4.57. The highest BCUT2D eigenvalue weighted by Gasteiger charge is 2.20. The first-order valence-electron chi connectivity index (χ1n) is 8.31. The van der Waals surface area contributed by atoms with Gasteiger partial charge in [-0.3, -0.25) is 5.32 Å². The van der Waals surface area contributed by atoms with Crippen molar-refractivity contribution in [3.8, 4) is 17.1 Å². The Morgan fingerprint density at radius 2 is 1.96 bits per heavy atom. The van der Waals surface area contributed by atoms with E-state index in [9.17, 15) is 4.79 Å². The van der Waals surface area contributed by atoms with Crippen LogP contribution in [0.15, 0.2) is 57.5 Å². The number of hydrogen-bond donors (Lipinski definition) is 1. The molecule has 1 amide bonds. The summed E-state index contributed by atoms with van der Waals surface area (Å²) in [5, 5.41) is 6.70. The number of aromatic nitrogens is 1. The number of carbonyl (C=O) groups excluding carboxylic acids is 1. The van der Waals surface area contributed by atoms with E-state index in [-0.39, 0.29) is 0 Å². The molecule has 0 bridgehead atoms. The van der Waals surface area contributed by atoms with Crippen molar-refractivity contribution in [1.29, 1.82) is 0 Å². The predicted octanol–water partition coefficient (Wildman–Crippen LogP) is 5.73. The molecule has 1 heterocycles. The number of halogens is 1. The van der Waals surface area contributed by atoms with E-state index < -0.39 is 12.2 Å². The molecular weight excluding hydrogens is 412 g/mol.